The van der Waals surface area contributed by atoms with Crippen LogP contribution in [0.2, 0.25) is 0 Å². The molecular weight excluding hydrogens is 271 g/mol. The summed E-state index contributed by atoms with van der Waals surface area (Å²) in [6.45, 7) is 8.83. The van der Waals surface area contributed by atoms with Crippen LogP contribution in [0.15, 0.2) is 12.1 Å². The highest BCUT2D eigenvalue weighted by atomic mass is 16.7. The summed E-state index contributed by atoms with van der Waals surface area (Å²) in [5.41, 5.74) is 0.203. The SMILES string of the molecule is CC1(C)OB(c2ccc3c(c2C=O)OCCO3)OC1(C)C. The summed E-state index contributed by atoms with van der Waals surface area (Å²) < 4.78 is 23.1. The summed E-state index contributed by atoms with van der Waals surface area (Å²) in [5, 5.41) is 0. The minimum Gasteiger partial charge on any atom is -0.486 e. The molecule has 0 amide bonds. The molecule has 6 heteroatoms. The van der Waals surface area contributed by atoms with Gasteiger partial charge in [0.1, 0.15) is 13.2 Å². The van der Waals surface area contributed by atoms with Crippen LogP contribution in [-0.2, 0) is 9.31 Å². The molecule has 112 valence electrons. The van der Waals surface area contributed by atoms with Crippen molar-refractivity contribution in [3.05, 3.63) is 17.7 Å². The van der Waals surface area contributed by atoms with E-state index in [9.17, 15) is 4.79 Å². The average Bonchev–Trinajstić information content (AvgIpc) is 2.66. The van der Waals surface area contributed by atoms with Crippen molar-refractivity contribution in [1.82, 2.24) is 0 Å². The molecule has 0 spiro atoms. The topological polar surface area (TPSA) is 54.0 Å². The first-order chi connectivity index (χ1) is 9.86. The van der Waals surface area contributed by atoms with E-state index in [2.05, 4.69) is 0 Å². The van der Waals surface area contributed by atoms with Crippen LogP contribution in [0.25, 0.3) is 0 Å². The first-order valence-electron chi connectivity index (χ1n) is 7.09. The van der Waals surface area contributed by atoms with Gasteiger partial charge in [0.05, 0.1) is 16.8 Å². The third-order valence-corrected chi connectivity index (χ3v) is 4.41. The summed E-state index contributed by atoms with van der Waals surface area (Å²) in [5.74, 6) is 1.06. The van der Waals surface area contributed by atoms with Crippen LogP contribution >= 0.6 is 0 Å². The monoisotopic (exact) mass is 290 g/mol. The maximum atomic E-state index is 11.5. The number of hydrogen-bond acceptors (Lipinski definition) is 5. The van der Waals surface area contributed by atoms with E-state index in [1.165, 1.54) is 0 Å². The lowest BCUT2D eigenvalue weighted by Crippen LogP contribution is -2.41. The maximum absolute atomic E-state index is 11.5. The van der Waals surface area contributed by atoms with E-state index in [-0.39, 0.29) is 0 Å². The largest absolute Gasteiger partial charge is 0.495 e. The zero-order chi connectivity index (χ0) is 15.3. The van der Waals surface area contributed by atoms with Crippen LogP contribution in [0.4, 0.5) is 0 Å². The molecule has 2 heterocycles. The van der Waals surface area contributed by atoms with Gasteiger partial charge in [0.2, 0.25) is 0 Å². The Hall–Kier alpha value is -1.53. The summed E-state index contributed by atoms with van der Waals surface area (Å²) >= 11 is 0. The summed E-state index contributed by atoms with van der Waals surface area (Å²) in [6.07, 6.45) is 0.772. The van der Waals surface area contributed by atoms with Gasteiger partial charge in [0.25, 0.3) is 0 Å². The molecule has 3 rings (SSSR count). The normalized spacial score (nSPS) is 22.2. The fourth-order valence-electron chi connectivity index (χ4n) is 2.45. The summed E-state index contributed by atoms with van der Waals surface area (Å²) in [4.78, 5) is 11.5. The molecule has 0 N–H and O–H groups in total. The lowest BCUT2D eigenvalue weighted by Gasteiger charge is -2.32. The number of aldehydes is 1. The van der Waals surface area contributed by atoms with Gasteiger partial charge in [0.15, 0.2) is 17.8 Å². The highest BCUT2D eigenvalue weighted by Crippen LogP contribution is 2.38. The van der Waals surface area contributed by atoms with Crippen molar-refractivity contribution in [1.29, 1.82) is 0 Å². The first kappa shape index (κ1) is 14.4. The van der Waals surface area contributed by atoms with Crippen molar-refractivity contribution >= 4 is 18.9 Å². The van der Waals surface area contributed by atoms with Crippen LogP contribution in [0.5, 0.6) is 11.5 Å². The summed E-state index contributed by atoms with van der Waals surface area (Å²) in [7, 11) is -0.592. The molecular formula is C15H19BO5. The van der Waals surface area contributed by atoms with Gasteiger partial charge in [-0.05, 0) is 39.2 Å². The van der Waals surface area contributed by atoms with Gasteiger partial charge in [-0.1, -0.05) is 6.07 Å². The molecule has 0 aromatic heterocycles. The van der Waals surface area contributed by atoms with Gasteiger partial charge in [-0.25, -0.2) is 0 Å². The molecule has 2 aliphatic rings. The van der Waals surface area contributed by atoms with Gasteiger partial charge < -0.3 is 18.8 Å². The minimum absolute atomic E-state index is 0.431. The molecule has 1 fully saturated rings. The zero-order valence-electron chi connectivity index (χ0n) is 12.8. The molecule has 0 unspecified atom stereocenters. The number of hydrogen-bond donors (Lipinski definition) is 0. The van der Waals surface area contributed by atoms with Gasteiger partial charge in [-0.15, -0.1) is 0 Å². The molecule has 0 atom stereocenters. The standard InChI is InChI=1S/C15H19BO5/c1-14(2)15(3,4)21-16(20-14)11-5-6-12-13(10(11)9-17)19-8-7-18-12/h5-6,9H,7-8H2,1-4H3. The molecule has 0 saturated carbocycles. The van der Waals surface area contributed by atoms with Gasteiger partial charge in [0, 0.05) is 0 Å². The van der Waals surface area contributed by atoms with Gasteiger partial charge >= 0.3 is 7.12 Å². The molecule has 0 radical (unpaired) electrons. The number of ether oxygens (including phenoxy) is 2. The Labute approximate surface area is 124 Å². The Bertz CT molecular complexity index is 566. The van der Waals surface area contributed by atoms with Gasteiger partial charge in [-0.2, -0.15) is 0 Å². The van der Waals surface area contributed by atoms with Crippen LogP contribution in [-0.4, -0.2) is 37.8 Å². The Kier molecular flexibility index (Phi) is 3.26. The first-order valence-corrected chi connectivity index (χ1v) is 7.09. The smallest absolute Gasteiger partial charge is 0.486 e. The van der Waals surface area contributed by atoms with Crippen molar-refractivity contribution < 1.29 is 23.6 Å². The second kappa shape index (κ2) is 4.75. The number of benzene rings is 1. The second-order valence-corrected chi connectivity index (χ2v) is 6.30. The number of rotatable bonds is 2. The maximum Gasteiger partial charge on any atom is 0.495 e. The van der Waals surface area contributed by atoms with E-state index in [1.54, 1.807) is 12.1 Å². The molecule has 2 aliphatic heterocycles. The van der Waals surface area contributed by atoms with Crippen LogP contribution in [0.3, 0.4) is 0 Å². The van der Waals surface area contributed by atoms with Crippen molar-refractivity contribution in [2.24, 2.45) is 0 Å². The van der Waals surface area contributed by atoms with Crippen molar-refractivity contribution in [2.45, 2.75) is 38.9 Å². The average molecular weight is 290 g/mol. The third kappa shape index (κ3) is 2.22. The quantitative estimate of drug-likeness (QED) is 0.611. The fourth-order valence-corrected chi connectivity index (χ4v) is 2.45. The highest BCUT2D eigenvalue weighted by Gasteiger charge is 2.52. The van der Waals surface area contributed by atoms with Crippen LogP contribution in [0.1, 0.15) is 38.1 Å². The lowest BCUT2D eigenvalue weighted by molar-refractivity contribution is 0.00578. The molecule has 21 heavy (non-hydrogen) atoms. The van der Waals surface area contributed by atoms with E-state index in [1.807, 2.05) is 27.7 Å². The molecule has 0 bridgehead atoms. The molecule has 5 nitrogen and oxygen atoms in total. The van der Waals surface area contributed by atoms with Crippen molar-refractivity contribution in [3.63, 3.8) is 0 Å². The number of fused-ring (bicyclic) bond motifs is 1. The lowest BCUT2D eigenvalue weighted by atomic mass is 9.75. The third-order valence-electron chi connectivity index (χ3n) is 4.41. The Morgan fingerprint density at radius 1 is 1.05 bits per heavy atom. The predicted octanol–water partition coefficient (Wildman–Crippen LogP) is 1.57. The van der Waals surface area contributed by atoms with E-state index in [0.717, 1.165) is 6.29 Å². The number of carbonyl (C=O) groups excluding carboxylic acids is 1. The molecule has 1 aromatic carbocycles. The van der Waals surface area contributed by atoms with Crippen molar-refractivity contribution in [3.8, 4) is 11.5 Å². The van der Waals surface area contributed by atoms with Gasteiger partial charge in [-0.3, -0.25) is 4.79 Å². The zero-order valence-corrected chi connectivity index (χ0v) is 12.8. The second-order valence-electron chi connectivity index (χ2n) is 6.30. The van der Waals surface area contributed by atoms with E-state index < -0.39 is 18.3 Å². The fraction of sp³-hybridized carbons (Fsp3) is 0.533. The number of carbonyl (C=O) groups is 1. The van der Waals surface area contributed by atoms with E-state index in [0.29, 0.717) is 35.7 Å². The highest BCUT2D eigenvalue weighted by molar-refractivity contribution is 6.63. The van der Waals surface area contributed by atoms with Crippen molar-refractivity contribution in [2.75, 3.05) is 13.2 Å². The Morgan fingerprint density at radius 3 is 2.29 bits per heavy atom. The Balaban J connectivity index is 2.02. The molecule has 1 aromatic rings. The molecule has 1 saturated heterocycles. The summed E-state index contributed by atoms with van der Waals surface area (Å²) in [6, 6.07) is 3.60. The van der Waals surface area contributed by atoms with E-state index in [4.69, 9.17) is 18.8 Å². The molecule has 0 aliphatic carbocycles. The van der Waals surface area contributed by atoms with E-state index >= 15 is 0 Å². The minimum atomic E-state index is -0.592. The Morgan fingerprint density at radius 2 is 1.67 bits per heavy atom. The van der Waals surface area contributed by atoms with Crippen LogP contribution < -0.4 is 14.9 Å². The van der Waals surface area contributed by atoms with Crippen LogP contribution in [0, 0.1) is 0 Å². The predicted molar refractivity (Wildman–Crippen MR) is 78.5 cm³/mol.